The molecule has 2 N–H and O–H groups in total. The highest BCUT2D eigenvalue weighted by Gasteiger charge is 2.34. The molecule has 2 fully saturated rings. The molecule has 0 heterocycles. The molecule has 0 aliphatic heterocycles. The highest BCUT2D eigenvalue weighted by molar-refractivity contribution is 5.92. The maximum atomic E-state index is 12.5. The van der Waals surface area contributed by atoms with Gasteiger partial charge in [0.1, 0.15) is 0 Å². The number of fused-ring (bicyclic) bond motifs is 1. The van der Waals surface area contributed by atoms with E-state index in [0.717, 1.165) is 35.9 Å². The number of rotatable bonds is 4. The first-order valence-corrected chi connectivity index (χ1v) is 8.73. The second-order valence-corrected chi connectivity index (χ2v) is 7.07. The van der Waals surface area contributed by atoms with E-state index in [0.29, 0.717) is 0 Å². The molecule has 0 radical (unpaired) electrons. The lowest BCUT2D eigenvalue weighted by molar-refractivity contribution is -0.136. The van der Waals surface area contributed by atoms with Crippen LogP contribution >= 0.6 is 0 Å². The van der Waals surface area contributed by atoms with E-state index in [-0.39, 0.29) is 18.2 Å². The van der Waals surface area contributed by atoms with E-state index in [1.165, 1.54) is 32.1 Å². The fraction of sp³-hybridized carbons (Fsp3) is 0.579. The molecule has 3 rings (SSSR count). The van der Waals surface area contributed by atoms with Gasteiger partial charge in [0.25, 0.3) is 0 Å². The van der Waals surface area contributed by atoms with Crippen molar-refractivity contribution in [2.24, 2.45) is 17.8 Å². The molecule has 3 unspecified atom stereocenters. The number of hydrogen-bond acceptors (Lipinski definition) is 2. The molecule has 2 aliphatic carbocycles. The van der Waals surface area contributed by atoms with Gasteiger partial charge in [0.05, 0.1) is 6.42 Å². The molecule has 124 valence electrons. The largest absolute Gasteiger partial charge is 0.481 e. The molecule has 2 saturated carbocycles. The molecular formula is C19H25NO3. The van der Waals surface area contributed by atoms with Gasteiger partial charge >= 0.3 is 5.97 Å². The molecule has 1 aromatic rings. The minimum atomic E-state index is -0.842. The van der Waals surface area contributed by atoms with E-state index in [4.69, 9.17) is 5.11 Å². The number of anilines is 1. The second kappa shape index (κ2) is 7.16. The molecule has 1 amide bonds. The number of benzene rings is 1. The van der Waals surface area contributed by atoms with Gasteiger partial charge in [0, 0.05) is 11.6 Å². The third-order valence-electron chi connectivity index (χ3n) is 5.49. The molecule has 23 heavy (non-hydrogen) atoms. The van der Waals surface area contributed by atoms with Crippen molar-refractivity contribution in [3.8, 4) is 0 Å². The van der Waals surface area contributed by atoms with Crippen molar-refractivity contribution in [3.63, 3.8) is 0 Å². The lowest BCUT2D eigenvalue weighted by Crippen LogP contribution is -2.33. The maximum Gasteiger partial charge on any atom is 0.307 e. The Morgan fingerprint density at radius 2 is 1.70 bits per heavy atom. The summed E-state index contributed by atoms with van der Waals surface area (Å²) in [4.78, 5) is 23.2. The molecule has 0 bridgehead atoms. The standard InChI is InChI=1S/C19H25NO3/c21-18(22)11-13-5-9-17(10-6-13)20-19(23)16-8-7-14-3-1-2-4-15(14)12-16/h5-6,9-10,14-16H,1-4,7-8,11-12H2,(H,20,23)(H,21,22). The maximum absolute atomic E-state index is 12.5. The molecular weight excluding hydrogens is 290 g/mol. The van der Waals surface area contributed by atoms with Crippen molar-refractivity contribution in [2.45, 2.75) is 51.4 Å². The molecule has 0 spiro atoms. The van der Waals surface area contributed by atoms with Gasteiger partial charge in [0.15, 0.2) is 0 Å². The molecule has 2 aliphatic rings. The first-order valence-electron chi connectivity index (χ1n) is 8.73. The molecule has 0 aromatic heterocycles. The van der Waals surface area contributed by atoms with Crippen molar-refractivity contribution in [1.29, 1.82) is 0 Å². The number of carbonyl (C=O) groups excluding carboxylic acids is 1. The van der Waals surface area contributed by atoms with Crippen LogP contribution < -0.4 is 5.32 Å². The smallest absolute Gasteiger partial charge is 0.307 e. The number of carboxylic acid groups (broad SMARTS) is 1. The summed E-state index contributed by atoms with van der Waals surface area (Å²) in [6.45, 7) is 0. The van der Waals surface area contributed by atoms with Crippen molar-refractivity contribution in [2.75, 3.05) is 5.32 Å². The third-order valence-corrected chi connectivity index (χ3v) is 5.49. The summed E-state index contributed by atoms with van der Waals surface area (Å²) >= 11 is 0. The van der Waals surface area contributed by atoms with Gasteiger partial charge in [-0.05, 0) is 48.8 Å². The summed E-state index contributed by atoms with van der Waals surface area (Å²) in [5, 5.41) is 11.8. The van der Waals surface area contributed by atoms with E-state index in [1.807, 2.05) is 0 Å². The number of nitrogens with one attached hydrogen (secondary N) is 1. The fourth-order valence-electron chi connectivity index (χ4n) is 4.24. The zero-order valence-electron chi connectivity index (χ0n) is 13.5. The van der Waals surface area contributed by atoms with Crippen LogP contribution in [0.5, 0.6) is 0 Å². The minimum absolute atomic E-state index is 0.0138. The topological polar surface area (TPSA) is 66.4 Å². The normalized spacial score (nSPS) is 27.0. The zero-order valence-corrected chi connectivity index (χ0v) is 13.5. The first kappa shape index (κ1) is 16.0. The molecule has 4 nitrogen and oxygen atoms in total. The van der Waals surface area contributed by atoms with Crippen LogP contribution in [0.4, 0.5) is 5.69 Å². The number of amides is 1. The van der Waals surface area contributed by atoms with Gasteiger partial charge in [-0.1, -0.05) is 37.8 Å². The Bertz CT molecular complexity index is 566. The van der Waals surface area contributed by atoms with Crippen molar-refractivity contribution in [1.82, 2.24) is 0 Å². The number of carboxylic acids is 1. The average molecular weight is 315 g/mol. The fourth-order valence-corrected chi connectivity index (χ4v) is 4.24. The molecule has 3 atom stereocenters. The van der Waals surface area contributed by atoms with Crippen LogP contribution in [0.3, 0.4) is 0 Å². The summed E-state index contributed by atoms with van der Waals surface area (Å²) in [6, 6.07) is 7.12. The predicted molar refractivity (Wildman–Crippen MR) is 89.2 cm³/mol. The van der Waals surface area contributed by atoms with E-state index in [2.05, 4.69) is 5.32 Å². The average Bonchev–Trinajstić information content (AvgIpc) is 2.55. The Hall–Kier alpha value is -1.84. The summed E-state index contributed by atoms with van der Waals surface area (Å²) in [5.41, 5.74) is 1.51. The Morgan fingerprint density at radius 1 is 1.00 bits per heavy atom. The number of carbonyl (C=O) groups is 2. The lowest BCUT2D eigenvalue weighted by atomic mass is 9.67. The molecule has 1 aromatic carbocycles. The third kappa shape index (κ3) is 4.12. The van der Waals surface area contributed by atoms with E-state index in [9.17, 15) is 9.59 Å². The van der Waals surface area contributed by atoms with Crippen LogP contribution in [-0.4, -0.2) is 17.0 Å². The van der Waals surface area contributed by atoms with Gasteiger partial charge < -0.3 is 10.4 Å². The van der Waals surface area contributed by atoms with Crippen LogP contribution in [0.2, 0.25) is 0 Å². The monoisotopic (exact) mass is 315 g/mol. The van der Waals surface area contributed by atoms with Gasteiger partial charge in [-0.2, -0.15) is 0 Å². The van der Waals surface area contributed by atoms with E-state index >= 15 is 0 Å². The molecule has 0 saturated heterocycles. The lowest BCUT2D eigenvalue weighted by Gasteiger charge is -2.38. The van der Waals surface area contributed by atoms with Crippen LogP contribution in [0.15, 0.2) is 24.3 Å². The second-order valence-electron chi connectivity index (χ2n) is 7.07. The SMILES string of the molecule is O=C(O)Cc1ccc(NC(=O)C2CCC3CCCCC3C2)cc1. The number of aliphatic carboxylic acids is 1. The Balaban J connectivity index is 1.55. The Morgan fingerprint density at radius 3 is 2.39 bits per heavy atom. The van der Waals surface area contributed by atoms with Crippen molar-refractivity contribution >= 4 is 17.6 Å². The number of hydrogen-bond donors (Lipinski definition) is 2. The van der Waals surface area contributed by atoms with Crippen molar-refractivity contribution < 1.29 is 14.7 Å². The van der Waals surface area contributed by atoms with Gasteiger partial charge in [-0.3, -0.25) is 9.59 Å². The Kier molecular flexibility index (Phi) is 4.99. The van der Waals surface area contributed by atoms with Gasteiger partial charge in [-0.25, -0.2) is 0 Å². The highest BCUT2D eigenvalue weighted by Crippen LogP contribution is 2.42. The Labute approximate surface area is 137 Å². The minimum Gasteiger partial charge on any atom is -0.481 e. The molecule has 4 heteroatoms. The van der Waals surface area contributed by atoms with Gasteiger partial charge in [0.2, 0.25) is 5.91 Å². The summed E-state index contributed by atoms with van der Waals surface area (Å²) in [7, 11) is 0. The summed E-state index contributed by atoms with van der Waals surface area (Å²) in [6.07, 6.45) is 8.57. The first-order chi connectivity index (χ1) is 11.1. The van der Waals surface area contributed by atoms with Crippen LogP contribution in [0, 0.1) is 17.8 Å². The predicted octanol–water partition coefficient (Wildman–Crippen LogP) is 3.86. The van der Waals surface area contributed by atoms with Crippen LogP contribution in [0.25, 0.3) is 0 Å². The quantitative estimate of drug-likeness (QED) is 0.886. The zero-order chi connectivity index (χ0) is 16.2. The summed E-state index contributed by atoms with van der Waals surface area (Å²) in [5.74, 6) is 1.01. The van der Waals surface area contributed by atoms with Crippen LogP contribution in [0.1, 0.15) is 50.5 Å². The van der Waals surface area contributed by atoms with Crippen molar-refractivity contribution in [3.05, 3.63) is 29.8 Å². The van der Waals surface area contributed by atoms with E-state index in [1.54, 1.807) is 24.3 Å². The summed E-state index contributed by atoms with van der Waals surface area (Å²) < 4.78 is 0. The van der Waals surface area contributed by atoms with Gasteiger partial charge in [-0.15, -0.1) is 0 Å². The van der Waals surface area contributed by atoms with Crippen LogP contribution in [-0.2, 0) is 16.0 Å². The highest BCUT2D eigenvalue weighted by atomic mass is 16.4. The van der Waals surface area contributed by atoms with E-state index < -0.39 is 5.97 Å².